The van der Waals surface area contributed by atoms with Crippen molar-refractivity contribution in [2.75, 3.05) is 12.4 Å². The van der Waals surface area contributed by atoms with Crippen molar-refractivity contribution in [2.24, 2.45) is 10.9 Å². The third-order valence-electron chi connectivity index (χ3n) is 4.10. The van der Waals surface area contributed by atoms with Gasteiger partial charge in [0.2, 0.25) is 5.91 Å². The highest BCUT2D eigenvalue weighted by atomic mass is 16.1. The lowest BCUT2D eigenvalue weighted by Gasteiger charge is -2.13. The van der Waals surface area contributed by atoms with Crippen LogP contribution in [0, 0.1) is 5.92 Å². The maximum Gasteiger partial charge on any atom is 0.227 e. The third-order valence-corrected chi connectivity index (χ3v) is 4.10. The number of anilines is 1. The first kappa shape index (κ1) is 19.4. The Morgan fingerprint density at radius 1 is 1.15 bits per heavy atom. The fourth-order valence-electron chi connectivity index (χ4n) is 2.29. The predicted molar refractivity (Wildman–Crippen MR) is 106 cm³/mol. The first-order chi connectivity index (χ1) is 12.6. The third kappa shape index (κ3) is 6.20. The number of aromatic nitrogens is 1. The minimum absolute atomic E-state index is 0.00593. The first-order valence-corrected chi connectivity index (χ1v) is 8.86. The highest BCUT2D eigenvalue weighted by Crippen LogP contribution is 2.13. The Morgan fingerprint density at radius 2 is 1.96 bits per heavy atom. The SMILES string of the molecule is CCC(C)C(=O)Nc1cccc(CNC(=NC)NCc2ccccn2)c1. The van der Waals surface area contributed by atoms with Gasteiger partial charge in [-0.3, -0.25) is 14.8 Å². The van der Waals surface area contributed by atoms with Crippen LogP contribution in [0.1, 0.15) is 31.5 Å². The molecule has 6 heteroatoms. The van der Waals surface area contributed by atoms with Crippen LogP contribution in [0.25, 0.3) is 0 Å². The van der Waals surface area contributed by atoms with E-state index in [4.69, 9.17) is 0 Å². The quantitative estimate of drug-likeness (QED) is 0.528. The Kier molecular flexibility index (Phi) is 7.61. The van der Waals surface area contributed by atoms with Gasteiger partial charge in [-0.1, -0.05) is 32.0 Å². The monoisotopic (exact) mass is 353 g/mol. The van der Waals surface area contributed by atoms with Gasteiger partial charge in [0.1, 0.15) is 0 Å². The zero-order valence-corrected chi connectivity index (χ0v) is 15.6. The van der Waals surface area contributed by atoms with Crippen LogP contribution >= 0.6 is 0 Å². The van der Waals surface area contributed by atoms with E-state index >= 15 is 0 Å². The van der Waals surface area contributed by atoms with Crippen molar-refractivity contribution in [1.29, 1.82) is 0 Å². The molecule has 1 atom stereocenters. The molecule has 1 unspecified atom stereocenters. The summed E-state index contributed by atoms with van der Waals surface area (Å²) in [4.78, 5) is 20.5. The molecule has 0 aliphatic carbocycles. The molecule has 26 heavy (non-hydrogen) atoms. The minimum atomic E-state index is 0.00593. The molecule has 6 nitrogen and oxygen atoms in total. The molecule has 0 bridgehead atoms. The largest absolute Gasteiger partial charge is 0.352 e. The molecule has 0 radical (unpaired) electrons. The van der Waals surface area contributed by atoms with E-state index in [-0.39, 0.29) is 11.8 Å². The van der Waals surface area contributed by atoms with E-state index in [1.165, 1.54) is 0 Å². The number of guanidine groups is 1. The van der Waals surface area contributed by atoms with Crippen molar-refractivity contribution in [3.8, 4) is 0 Å². The van der Waals surface area contributed by atoms with E-state index in [9.17, 15) is 4.79 Å². The van der Waals surface area contributed by atoms with Crippen molar-refractivity contribution in [2.45, 2.75) is 33.4 Å². The molecule has 1 aromatic heterocycles. The van der Waals surface area contributed by atoms with E-state index < -0.39 is 0 Å². The zero-order valence-electron chi connectivity index (χ0n) is 15.6. The maximum absolute atomic E-state index is 12.0. The van der Waals surface area contributed by atoms with E-state index in [1.807, 2.05) is 56.3 Å². The molecular weight excluding hydrogens is 326 g/mol. The summed E-state index contributed by atoms with van der Waals surface area (Å²) in [5, 5.41) is 9.46. The summed E-state index contributed by atoms with van der Waals surface area (Å²) in [5.74, 6) is 0.751. The molecule has 0 fully saturated rings. The van der Waals surface area contributed by atoms with Crippen LogP contribution in [0.3, 0.4) is 0 Å². The van der Waals surface area contributed by atoms with Gasteiger partial charge in [-0.25, -0.2) is 0 Å². The van der Waals surface area contributed by atoms with Gasteiger partial charge in [0.15, 0.2) is 5.96 Å². The Labute approximate surface area is 155 Å². The molecular formula is C20H27N5O. The molecule has 0 saturated carbocycles. The predicted octanol–water partition coefficient (Wildman–Crippen LogP) is 2.93. The first-order valence-electron chi connectivity index (χ1n) is 8.86. The van der Waals surface area contributed by atoms with Gasteiger partial charge >= 0.3 is 0 Å². The second-order valence-corrected chi connectivity index (χ2v) is 6.10. The van der Waals surface area contributed by atoms with Crippen molar-refractivity contribution in [3.05, 3.63) is 59.9 Å². The summed E-state index contributed by atoms with van der Waals surface area (Å²) in [6.07, 6.45) is 2.59. The van der Waals surface area contributed by atoms with E-state index in [0.29, 0.717) is 19.0 Å². The maximum atomic E-state index is 12.0. The lowest BCUT2D eigenvalue weighted by atomic mass is 10.1. The molecule has 1 aromatic carbocycles. The van der Waals surface area contributed by atoms with Crippen molar-refractivity contribution >= 4 is 17.6 Å². The van der Waals surface area contributed by atoms with Crippen LogP contribution in [0.5, 0.6) is 0 Å². The van der Waals surface area contributed by atoms with Crippen LogP contribution in [0.2, 0.25) is 0 Å². The number of nitrogens with one attached hydrogen (secondary N) is 3. The molecule has 3 N–H and O–H groups in total. The number of rotatable bonds is 7. The van der Waals surface area contributed by atoms with E-state index in [0.717, 1.165) is 23.4 Å². The number of aliphatic imine (C=N–C) groups is 1. The lowest BCUT2D eigenvalue weighted by Crippen LogP contribution is -2.36. The summed E-state index contributed by atoms with van der Waals surface area (Å²) < 4.78 is 0. The fraction of sp³-hybridized carbons (Fsp3) is 0.350. The topological polar surface area (TPSA) is 78.4 Å². The van der Waals surface area contributed by atoms with Gasteiger partial charge in [-0.05, 0) is 36.2 Å². The molecule has 0 aliphatic rings. The number of carbonyl (C=O) groups is 1. The summed E-state index contributed by atoms with van der Waals surface area (Å²) in [7, 11) is 1.73. The van der Waals surface area contributed by atoms with Gasteiger partial charge < -0.3 is 16.0 Å². The van der Waals surface area contributed by atoms with Crippen molar-refractivity contribution in [1.82, 2.24) is 15.6 Å². The molecule has 0 aliphatic heterocycles. The fourth-order valence-corrected chi connectivity index (χ4v) is 2.29. The van der Waals surface area contributed by atoms with Gasteiger partial charge in [0.05, 0.1) is 12.2 Å². The molecule has 2 aromatic rings. The van der Waals surface area contributed by atoms with E-state index in [2.05, 4.69) is 25.9 Å². The highest BCUT2D eigenvalue weighted by Gasteiger charge is 2.10. The smallest absolute Gasteiger partial charge is 0.227 e. The summed E-state index contributed by atoms with van der Waals surface area (Å²) >= 11 is 0. The summed E-state index contributed by atoms with van der Waals surface area (Å²) in [6.45, 7) is 5.15. The standard InChI is InChI=1S/C20H27N5O/c1-4-15(2)19(26)25-17-10-7-8-16(12-17)13-23-20(21-3)24-14-18-9-5-6-11-22-18/h5-12,15H,4,13-14H2,1-3H3,(H,25,26)(H2,21,23,24). The zero-order chi connectivity index (χ0) is 18.8. The average Bonchev–Trinajstić information content (AvgIpc) is 2.68. The average molecular weight is 353 g/mol. The van der Waals surface area contributed by atoms with Crippen LogP contribution in [0.4, 0.5) is 5.69 Å². The Bertz CT molecular complexity index is 730. The number of benzene rings is 1. The molecule has 2 rings (SSSR count). The second-order valence-electron chi connectivity index (χ2n) is 6.10. The number of hydrogen-bond donors (Lipinski definition) is 3. The number of nitrogens with zero attached hydrogens (tertiary/aromatic N) is 2. The Hall–Kier alpha value is -2.89. The van der Waals surface area contributed by atoms with Gasteiger partial charge in [0, 0.05) is 31.4 Å². The van der Waals surface area contributed by atoms with Crippen LogP contribution < -0.4 is 16.0 Å². The Balaban J connectivity index is 1.87. The number of pyridine rings is 1. The van der Waals surface area contributed by atoms with Gasteiger partial charge in [-0.2, -0.15) is 0 Å². The Morgan fingerprint density at radius 3 is 2.65 bits per heavy atom. The van der Waals surface area contributed by atoms with E-state index in [1.54, 1.807) is 13.2 Å². The summed E-state index contributed by atoms with van der Waals surface area (Å²) in [5.41, 5.74) is 2.82. The van der Waals surface area contributed by atoms with Crippen molar-refractivity contribution < 1.29 is 4.79 Å². The molecule has 1 amide bonds. The van der Waals surface area contributed by atoms with Crippen LogP contribution in [-0.2, 0) is 17.9 Å². The van der Waals surface area contributed by atoms with Crippen LogP contribution in [0.15, 0.2) is 53.7 Å². The second kappa shape index (κ2) is 10.2. The van der Waals surface area contributed by atoms with Gasteiger partial charge in [-0.15, -0.1) is 0 Å². The van der Waals surface area contributed by atoms with Gasteiger partial charge in [0.25, 0.3) is 0 Å². The summed E-state index contributed by atoms with van der Waals surface area (Å²) in [6, 6.07) is 13.6. The number of hydrogen-bond acceptors (Lipinski definition) is 3. The minimum Gasteiger partial charge on any atom is -0.352 e. The highest BCUT2D eigenvalue weighted by molar-refractivity contribution is 5.92. The van der Waals surface area contributed by atoms with Crippen molar-refractivity contribution in [3.63, 3.8) is 0 Å². The number of carbonyl (C=O) groups excluding carboxylic acids is 1. The molecule has 0 saturated heterocycles. The van der Waals surface area contributed by atoms with Crippen LogP contribution in [-0.4, -0.2) is 23.9 Å². The lowest BCUT2D eigenvalue weighted by molar-refractivity contribution is -0.119. The number of amides is 1. The molecule has 1 heterocycles. The normalized spacial score (nSPS) is 12.3. The molecule has 0 spiro atoms. The molecule has 138 valence electrons.